The van der Waals surface area contributed by atoms with Gasteiger partial charge in [-0.25, -0.2) is 4.79 Å². The van der Waals surface area contributed by atoms with E-state index in [4.69, 9.17) is 5.11 Å². The molecule has 0 bridgehead atoms. The highest BCUT2D eigenvalue weighted by atomic mass is 16.4. The summed E-state index contributed by atoms with van der Waals surface area (Å²) in [5.74, 6) is -0.590. The second-order valence-electron chi connectivity index (χ2n) is 3.12. The van der Waals surface area contributed by atoms with Gasteiger partial charge in [0.05, 0.1) is 5.56 Å². The summed E-state index contributed by atoms with van der Waals surface area (Å²) in [4.78, 5) is 20.2. The Morgan fingerprint density at radius 1 is 1.20 bits per heavy atom. The summed E-state index contributed by atoms with van der Waals surface area (Å²) in [5, 5.41) is 8.38. The summed E-state index contributed by atoms with van der Waals surface area (Å²) in [7, 11) is 0. The lowest BCUT2D eigenvalue weighted by Gasteiger charge is -1.88. The molecule has 1 aromatic rings. The Balaban J connectivity index is 0.000000288. The van der Waals surface area contributed by atoms with Crippen molar-refractivity contribution in [3.63, 3.8) is 0 Å². The van der Waals surface area contributed by atoms with E-state index in [1.165, 1.54) is 0 Å². The van der Waals surface area contributed by atoms with Crippen molar-refractivity contribution in [2.45, 2.75) is 26.7 Å². The Morgan fingerprint density at radius 2 is 1.73 bits per heavy atom. The second kappa shape index (κ2) is 7.74. The molecule has 3 nitrogen and oxygen atoms in total. The number of ketones is 1. The summed E-state index contributed by atoms with van der Waals surface area (Å²) in [6, 6.07) is 8.30. The Labute approximate surface area is 89.7 Å². The quantitative estimate of drug-likeness (QED) is 0.830. The van der Waals surface area contributed by atoms with Gasteiger partial charge in [-0.05, 0) is 25.5 Å². The highest BCUT2D eigenvalue weighted by Crippen LogP contribution is 1.96. The van der Waals surface area contributed by atoms with Crippen molar-refractivity contribution >= 4 is 11.8 Å². The van der Waals surface area contributed by atoms with E-state index in [9.17, 15) is 9.59 Å². The van der Waals surface area contributed by atoms with Gasteiger partial charge >= 0.3 is 5.97 Å². The van der Waals surface area contributed by atoms with Crippen LogP contribution in [0, 0.1) is 0 Å². The SMILES string of the molecule is CCCC(C)=O.O=C(O)c1ccccc1. The van der Waals surface area contributed by atoms with Crippen molar-refractivity contribution in [2.75, 3.05) is 0 Å². The van der Waals surface area contributed by atoms with E-state index in [-0.39, 0.29) is 5.78 Å². The fraction of sp³-hybridized carbons (Fsp3) is 0.333. The zero-order valence-electron chi connectivity index (χ0n) is 9.06. The first-order chi connectivity index (χ1) is 7.07. The molecule has 0 saturated carbocycles. The topological polar surface area (TPSA) is 54.4 Å². The smallest absolute Gasteiger partial charge is 0.335 e. The van der Waals surface area contributed by atoms with Gasteiger partial charge in [-0.1, -0.05) is 25.1 Å². The van der Waals surface area contributed by atoms with Crippen LogP contribution in [0.4, 0.5) is 0 Å². The van der Waals surface area contributed by atoms with Gasteiger partial charge in [-0.2, -0.15) is 0 Å². The van der Waals surface area contributed by atoms with Crippen LogP contribution in [0.3, 0.4) is 0 Å². The number of benzene rings is 1. The molecule has 0 amide bonds. The number of hydrogen-bond acceptors (Lipinski definition) is 2. The summed E-state index contributed by atoms with van der Waals surface area (Å²) in [5.41, 5.74) is 0.331. The van der Waals surface area contributed by atoms with E-state index in [1.54, 1.807) is 37.3 Å². The predicted octanol–water partition coefficient (Wildman–Crippen LogP) is 2.76. The molecular formula is C12H16O3. The molecule has 0 aliphatic heterocycles. The molecule has 0 aromatic heterocycles. The minimum atomic E-state index is -0.879. The lowest BCUT2D eigenvalue weighted by atomic mass is 10.2. The first kappa shape index (κ1) is 13.4. The van der Waals surface area contributed by atoms with Crippen LogP contribution in [0.2, 0.25) is 0 Å². The lowest BCUT2D eigenvalue weighted by Crippen LogP contribution is -1.93. The van der Waals surface area contributed by atoms with Crippen molar-refractivity contribution in [1.82, 2.24) is 0 Å². The minimum Gasteiger partial charge on any atom is -0.478 e. The van der Waals surface area contributed by atoms with E-state index >= 15 is 0 Å². The van der Waals surface area contributed by atoms with Gasteiger partial charge in [0.1, 0.15) is 5.78 Å². The number of rotatable bonds is 3. The molecule has 0 unspecified atom stereocenters. The van der Waals surface area contributed by atoms with Gasteiger partial charge in [-0.15, -0.1) is 0 Å². The fourth-order valence-electron chi connectivity index (χ4n) is 0.933. The highest BCUT2D eigenvalue weighted by Gasteiger charge is 1.96. The van der Waals surface area contributed by atoms with Crippen LogP contribution < -0.4 is 0 Å². The van der Waals surface area contributed by atoms with E-state index < -0.39 is 5.97 Å². The molecule has 15 heavy (non-hydrogen) atoms. The van der Waals surface area contributed by atoms with E-state index in [0.717, 1.165) is 12.8 Å². The monoisotopic (exact) mass is 208 g/mol. The maximum absolute atomic E-state index is 10.2. The molecule has 0 spiro atoms. The number of carboxylic acid groups (broad SMARTS) is 1. The van der Waals surface area contributed by atoms with Crippen molar-refractivity contribution in [2.24, 2.45) is 0 Å². The number of hydrogen-bond donors (Lipinski definition) is 1. The summed E-state index contributed by atoms with van der Waals surface area (Å²) in [6.45, 7) is 3.62. The second-order valence-corrected chi connectivity index (χ2v) is 3.12. The Hall–Kier alpha value is -1.64. The lowest BCUT2D eigenvalue weighted by molar-refractivity contribution is -0.117. The van der Waals surface area contributed by atoms with Crippen LogP contribution in [0.25, 0.3) is 0 Å². The third kappa shape index (κ3) is 7.43. The first-order valence-corrected chi connectivity index (χ1v) is 4.85. The van der Waals surface area contributed by atoms with Crippen LogP contribution in [-0.4, -0.2) is 16.9 Å². The molecule has 0 aliphatic carbocycles. The summed E-state index contributed by atoms with van der Waals surface area (Å²) in [6.07, 6.45) is 1.72. The zero-order chi connectivity index (χ0) is 11.7. The van der Waals surface area contributed by atoms with Crippen molar-refractivity contribution in [3.8, 4) is 0 Å². The standard InChI is InChI=1S/C7H6O2.C5H10O/c8-7(9)6-4-2-1-3-5-6;1-3-4-5(2)6/h1-5H,(H,8,9);3-4H2,1-2H3. The van der Waals surface area contributed by atoms with Gasteiger partial charge in [0.2, 0.25) is 0 Å². The summed E-state index contributed by atoms with van der Waals surface area (Å²) >= 11 is 0. The molecule has 0 atom stereocenters. The molecule has 0 saturated heterocycles. The Morgan fingerprint density at radius 3 is 1.93 bits per heavy atom. The van der Waals surface area contributed by atoms with E-state index in [2.05, 4.69) is 0 Å². The largest absolute Gasteiger partial charge is 0.478 e. The highest BCUT2D eigenvalue weighted by molar-refractivity contribution is 5.87. The molecule has 0 radical (unpaired) electrons. The molecule has 0 aliphatic rings. The van der Waals surface area contributed by atoms with E-state index in [1.807, 2.05) is 6.92 Å². The van der Waals surface area contributed by atoms with E-state index in [0.29, 0.717) is 5.56 Å². The molecule has 82 valence electrons. The molecule has 1 aromatic carbocycles. The molecule has 1 N–H and O–H groups in total. The van der Waals surface area contributed by atoms with Crippen LogP contribution in [0.5, 0.6) is 0 Å². The fourth-order valence-corrected chi connectivity index (χ4v) is 0.933. The maximum atomic E-state index is 10.2. The number of Topliss-reactive ketones (excluding diaryl/α,β-unsaturated/α-hetero) is 1. The van der Waals surface area contributed by atoms with Crippen LogP contribution in [0.15, 0.2) is 30.3 Å². The average Bonchev–Trinajstić information content (AvgIpc) is 2.20. The Kier molecular flexibility index (Phi) is 6.89. The average molecular weight is 208 g/mol. The third-order valence-corrected chi connectivity index (χ3v) is 1.62. The first-order valence-electron chi connectivity index (χ1n) is 4.85. The zero-order valence-corrected chi connectivity index (χ0v) is 9.06. The van der Waals surface area contributed by atoms with Crippen molar-refractivity contribution in [1.29, 1.82) is 0 Å². The number of carbonyl (C=O) groups excluding carboxylic acids is 1. The molecule has 0 heterocycles. The number of carbonyl (C=O) groups is 2. The number of aromatic carboxylic acids is 1. The van der Waals surface area contributed by atoms with Gasteiger partial charge in [0, 0.05) is 6.42 Å². The molecule has 0 fully saturated rings. The third-order valence-electron chi connectivity index (χ3n) is 1.62. The molecule has 1 rings (SSSR count). The van der Waals surface area contributed by atoms with Crippen LogP contribution in [0.1, 0.15) is 37.0 Å². The summed E-state index contributed by atoms with van der Waals surface area (Å²) < 4.78 is 0. The minimum absolute atomic E-state index is 0.289. The van der Waals surface area contributed by atoms with Crippen molar-refractivity contribution in [3.05, 3.63) is 35.9 Å². The van der Waals surface area contributed by atoms with Gasteiger partial charge < -0.3 is 9.90 Å². The van der Waals surface area contributed by atoms with Crippen LogP contribution in [-0.2, 0) is 4.79 Å². The molecule has 3 heteroatoms. The van der Waals surface area contributed by atoms with Crippen LogP contribution >= 0.6 is 0 Å². The van der Waals surface area contributed by atoms with Gasteiger partial charge in [0.15, 0.2) is 0 Å². The van der Waals surface area contributed by atoms with Gasteiger partial charge in [0.25, 0.3) is 0 Å². The normalized spacial score (nSPS) is 8.67. The maximum Gasteiger partial charge on any atom is 0.335 e. The number of carboxylic acids is 1. The molecular weight excluding hydrogens is 192 g/mol. The van der Waals surface area contributed by atoms with Crippen molar-refractivity contribution < 1.29 is 14.7 Å². The predicted molar refractivity (Wildman–Crippen MR) is 59.0 cm³/mol. The van der Waals surface area contributed by atoms with Gasteiger partial charge in [-0.3, -0.25) is 0 Å². The Bertz CT molecular complexity index is 304.